The summed E-state index contributed by atoms with van der Waals surface area (Å²) < 4.78 is 34.1. The first-order valence-corrected chi connectivity index (χ1v) is 10.1. The van der Waals surface area contributed by atoms with Crippen molar-refractivity contribution < 1.29 is 22.7 Å². The SMILES string of the molecule is CN(C(=O)CCCc1ccc2c(c1)OCCO2)C1CCS(=O)(=O)C1. The van der Waals surface area contributed by atoms with Crippen molar-refractivity contribution in [3.8, 4) is 11.5 Å². The number of nitrogens with zero attached hydrogens (tertiary/aromatic N) is 1. The Labute approximate surface area is 142 Å². The average molecular weight is 353 g/mol. The predicted octanol–water partition coefficient (Wildman–Crippen LogP) is 1.43. The Morgan fingerprint density at radius 1 is 1.25 bits per heavy atom. The van der Waals surface area contributed by atoms with Gasteiger partial charge in [0.05, 0.1) is 11.5 Å². The van der Waals surface area contributed by atoms with Gasteiger partial charge in [-0.3, -0.25) is 4.79 Å². The van der Waals surface area contributed by atoms with Crippen LogP contribution in [0.4, 0.5) is 0 Å². The van der Waals surface area contributed by atoms with Crippen LogP contribution in [-0.4, -0.2) is 57.0 Å². The second-order valence-corrected chi connectivity index (χ2v) is 8.62. The molecular formula is C17H23NO5S. The molecule has 1 fully saturated rings. The van der Waals surface area contributed by atoms with E-state index >= 15 is 0 Å². The van der Waals surface area contributed by atoms with Crippen LogP contribution in [0.3, 0.4) is 0 Å². The summed E-state index contributed by atoms with van der Waals surface area (Å²) in [6, 6.07) is 5.69. The van der Waals surface area contributed by atoms with Gasteiger partial charge in [-0.15, -0.1) is 0 Å². The normalized spacial score (nSPS) is 21.5. The van der Waals surface area contributed by atoms with Crippen LogP contribution in [0.2, 0.25) is 0 Å². The molecule has 1 aromatic carbocycles. The highest BCUT2D eigenvalue weighted by atomic mass is 32.2. The van der Waals surface area contributed by atoms with Gasteiger partial charge in [0.1, 0.15) is 13.2 Å². The highest BCUT2D eigenvalue weighted by Crippen LogP contribution is 2.31. The highest BCUT2D eigenvalue weighted by Gasteiger charge is 2.32. The van der Waals surface area contributed by atoms with Crippen LogP contribution in [0.15, 0.2) is 18.2 Å². The molecule has 0 bridgehead atoms. The van der Waals surface area contributed by atoms with E-state index in [2.05, 4.69) is 0 Å². The number of aryl methyl sites for hydroxylation is 1. The minimum atomic E-state index is -2.97. The van der Waals surface area contributed by atoms with Crippen LogP contribution in [0.25, 0.3) is 0 Å². The molecule has 7 heteroatoms. The van der Waals surface area contributed by atoms with Gasteiger partial charge in [0.25, 0.3) is 0 Å². The fourth-order valence-corrected chi connectivity index (χ4v) is 4.92. The van der Waals surface area contributed by atoms with E-state index in [0.29, 0.717) is 26.1 Å². The molecule has 3 rings (SSSR count). The Morgan fingerprint density at radius 2 is 2.00 bits per heavy atom. The van der Waals surface area contributed by atoms with E-state index in [-0.39, 0.29) is 23.5 Å². The van der Waals surface area contributed by atoms with Crippen molar-refractivity contribution in [2.45, 2.75) is 31.7 Å². The summed E-state index contributed by atoms with van der Waals surface area (Å²) in [6.07, 6.45) is 2.47. The Bertz CT molecular complexity index is 716. The van der Waals surface area contributed by atoms with Gasteiger partial charge in [0, 0.05) is 19.5 Å². The first-order chi connectivity index (χ1) is 11.4. The molecule has 0 saturated carbocycles. The smallest absolute Gasteiger partial charge is 0.222 e. The van der Waals surface area contributed by atoms with Gasteiger partial charge in [0.2, 0.25) is 5.91 Å². The molecule has 1 amide bonds. The number of carbonyl (C=O) groups excluding carboxylic acids is 1. The topological polar surface area (TPSA) is 72.9 Å². The lowest BCUT2D eigenvalue weighted by atomic mass is 10.1. The van der Waals surface area contributed by atoms with E-state index < -0.39 is 9.84 Å². The molecule has 1 saturated heterocycles. The minimum absolute atomic E-state index is 0.00893. The van der Waals surface area contributed by atoms with Crippen molar-refractivity contribution in [3.63, 3.8) is 0 Å². The third-order valence-corrected chi connectivity index (χ3v) is 6.36. The molecular weight excluding hydrogens is 330 g/mol. The number of hydrogen-bond donors (Lipinski definition) is 0. The maximum Gasteiger partial charge on any atom is 0.222 e. The van der Waals surface area contributed by atoms with Gasteiger partial charge >= 0.3 is 0 Å². The molecule has 0 aromatic heterocycles. The van der Waals surface area contributed by atoms with E-state index in [1.807, 2.05) is 18.2 Å². The van der Waals surface area contributed by atoms with Gasteiger partial charge in [-0.25, -0.2) is 8.42 Å². The quantitative estimate of drug-likeness (QED) is 0.801. The first kappa shape index (κ1) is 17.1. The molecule has 0 radical (unpaired) electrons. The number of hydrogen-bond acceptors (Lipinski definition) is 5. The molecule has 0 aliphatic carbocycles. The van der Waals surface area contributed by atoms with Crippen LogP contribution in [0, 0.1) is 0 Å². The molecule has 2 aliphatic heterocycles. The summed E-state index contributed by atoms with van der Waals surface area (Å²) in [4.78, 5) is 13.9. The Kier molecular flexibility index (Phi) is 4.99. The molecule has 6 nitrogen and oxygen atoms in total. The summed E-state index contributed by atoms with van der Waals surface area (Å²) >= 11 is 0. The number of fused-ring (bicyclic) bond motifs is 1. The van der Waals surface area contributed by atoms with E-state index in [1.54, 1.807) is 11.9 Å². The summed E-state index contributed by atoms with van der Waals surface area (Å²) in [6.45, 7) is 1.13. The summed E-state index contributed by atoms with van der Waals surface area (Å²) in [5.74, 6) is 1.82. The number of amides is 1. The largest absolute Gasteiger partial charge is 0.486 e. The zero-order valence-corrected chi connectivity index (χ0v) is 14.7. The average Bonchev–Trinajstić information content (AvgIpc) is 2.94. The second-order valence-electron chi connectivity index (χ2n) is 6.39. The minimum Gasteiger partial charge on any atom is -0.486 e. The maximum atomic E-state index is 12.3. The third kappa shape index (κ3) is 4.01. The number of sulfone groups is 1. The lowest BCUT2D eigenvalue weighted by Crippen LogP contribution is -2.37. The Hall–Kier alpha value is -1.76. The standard InChI is InChI=1S/C17H23NO5S/c1-18(14-7-10-24(20,21)12-14)17(19)4-2-3-13-5-6-15-16(11-13)23-9-8-22-15/h5-6,11,14H,2-4,7-10,12H2,1H3. The van der Waals surface area contributed by atoms with Crippen molar-refractivity contribution in [1.29, 1.82) is 0 Å². The molecule has 0 N–H and O–H groups in total. The molecule has 0 spiro atoms. The number of benzene rings is 1. The molecule has 1 atom stereocenters. The van der Waals surface area contributed by atoms with Crippen molar-refractivity contribution in [1.82, 2.24) is 4.90 Å². The zero-order chi connectivity index (χ0) is 17.2. The lowest BCUT2D eigenvalue weighted by Gasteiger charge is -2.23. The molecule has 132 valence electrons. The molecule has 1 aromatic rings. The zero-order valence-electron chi connectivity index (χ0n) is 13.9. The number of rotatable bonds is 5. The maximum absolute atomic E-state index is 12.3. The number of carbonyl (C=O) groups is 1. The van der Waals surface area contributed by atoms with Crippen molar-refractivity contribution in [2.24, 2.45) is 0 Å². The predicted molar refractivity (Wildman–Crippen MR) is 90.2 cm³/mol. The van der Waals surface area contributed by atoms with Crippen molar-refractivity contribution in [2.75, 3.05) is 31.8 Å². The van der Waals surface area contributed by atoms with E-state index in [4.69, 9.17) is 9.47 Å². The van der Waals surface area contributed by atoms with Gasteiger partial charge in [-0.05, 0) is 37.0 Å². The monoisotopic (exact) mass is 353 g/mol. The third-order valence-electron chi connectivity index (χ3n) is 4.61. The van der Waals surface area contributed by atoms with Crippen molar-refractivity contribution >= 4 is 15.7 Å². The summed E-state index contributed by atoms with van der Waals surface area (Å²) in [7, 11) is -1.26. The van der Waals surface area contributed by atoms with Gasteiger partial charge in [-0.1, -0.05) is 6.07 Å². The van der Waals surface area contributed by atoms with Crippen LogP contribution in [0.5, 0.6) is 11.5 Å². The summed E-state index contributed by atoms with van der Waals surface area (Å²) in [5.41, 5.74) is 1.11. The van der Waals surface area contributed by atoms with Crippen molar-refractivity contribution in [3.05, 3.63) is 23.8 Å². The molecule has 24 heavy (non-hydrogen) atoms. The van der Waals surface area contributed by atoms with E-state index in [0.717, 1.165) is 29.9 Å². The van der Waals surface area contributed by atoms with E-state index in [1.165, 1.54) is 0 Å². The first-order valence-electron chi connectivity index (χ1n) is 8.29. The van der Waals surface area contributed by atoms with Gasteiger partial charge in [0.15, 0.2) is 21.3 Å². The van der Waals surface area contributed by atoms with E-state index in [9.17, 15) is 13.2 Å². The molecule has 1 unspecified atom stereocenters. The fraction of sp³-hybridized carbons (Fsp3) is 0.588. The summed E-state index contributed by atoms with van der Waals surface area (Å²) in [5, 5.41) is 0. The highest BCUT2D eigenvalue weighted by molar-refractivity contribution is 7.91. The van der Waals surface area contributed by atoms with Crippen LogP contribution < -0.4 is 9.47 Å². The lowest BCUT2D eigenvalue weighted by molar-refractivity contribution is -0.131. The van der Waals surface area contributed by atoms with Gasteiger partial charge < -0.3 is 14.4 Å². The van der Waals surface area contributed by atoms with Crippen LogP contribution in [-0.2, 0) is 21.1 Å². The second kappa shape index (κ2) is 7.01. The van der Waals surface area contributed by atoms with Crippen LogP contribution in [0.1, 0.15) is 24.8 Å². The fourth-order valence-electron chi connectivity index (χ4n) is 3.15. The molecule has 2 aliphatic rings. The Balaban J connectivity index is 1.48. The van der Waals surface area contributed by atoms with Gasteiger partial charge in [-0.2, -0.15) is 0 Å². The molecule has 2 heterocycles. The van der Waals surface area contributed by atoms with Crippen LogP contribution >= 0.6 is 0 Å². The Morgan fingerprint density at radius 3 is 2.71 bits per heavy atom. The number of ether oxygens (including phenoxy) is 2.